The van der Waals surface area contributed by atoms with Crippen LogP contribution in [0.3, 0.4) is 0 Å². The van der Waals surface area contributed by atoms with Crippen molar-refractivity contribution in [2.24, 2.45) is 4.99 Å². The third-order valence-electron chi connectivity index (χ3n) is 2.70. The number of carbonyl (C=O) groups excluding carboxylic acids is 2. The Bertz CT molecular complexity index is 495. The van der Waals surface area contributed by atoms with E-state index in [2.05, 4.69) is 15.6 Å². The van der Waals surface area contributed by atoms with E-state index in [9.17, 15) is 9.59 Å². The molecule has 2 rings (SSSR count). The maximum Gasteiger partial charge on any atom is 0.343 e. The summed E-state index contributed by atoms with van der Waals surface area (Å²) in [5.41, 5.74) is 0. The minimum Gasteiger partial charge on any atom is -0.378 e. The number of aliphatic imine (C=N–C) groups is 1. The lowest BCUT2D eigenvalue weighted by molar-refractivity contribution is 0.0657. The molecular formula is C12H16N4O3S. The molecule has 0 radical (unpaired) electrons. The van der Waals surface area contributed by atoms with Gasteiger partial charge in [0.15, 0.2) is 0 Å². The minimum atomic E-state index is -0.502. The van der Waals surface area contributed by atoms with Gasteiger partial charge >= 0.3 is 6.03 Å². The van der Waals surface area contributed by atoms with E-state index in [-0.39, 0.29) is 11.9 Å². The summed E-state index contributed by atoms with van der Waals surface area (Å²) < 4.78 is 5.25. The largest absolute Gasteiger partial charge is 0.378 e. The van der Waals surface area contributed by atoms with Crippen molar-refractivity contribution in [3.63, 3.8) is 0 Å². The van der Waals surface area contributed by atoms with Gasteiger partial charge in [-0.05, 0) is 11.4 Å². The normalized spacial score (nSPS) is 15.8. The molecule has 0 unspecified atom stereocenters. The van der Waals surface area contributed by atoms with Crippen LogP contribution in [0.5, 0.6) is 0 Å². The highest BCUT2D eigenvalue weighted by Crippen LogP contribution is 2.08. The number of hydrogen-bond acceptors (Lipinski definition) is 4. The maximum absolute atomic E-state index is 12.1. The lowest BCUT2D eigenvalue weighted by Crippen LogP contribution is -2.49. The zero-order valence-corrected chi connectivity index (χ0v) is 11.9. The molecule has 8 heteroatoms. The van der Waals surface area contributed by atoms with Crippen molar-refractivity contribution in [2.45, 2.75) is 0 Å². The van der Waals surface area contributed by atoms with Crippen LogP contribution >= 0.6 is 11.3 Å². The molecule has 0 aliphatic carbocycles. The molecule has 0 aromatic carbocycles. The van der Waals surface area contributed by atoms with E-state index >= 15 is 0 Å². The first kappa shape index (κ1) is 14.5. The molecule has 1 aliphatic heterocycles. The van der Waals surface area contributed by atoms with Crippen LogP contribution in [-0.2, 0) is 4.74 Å². The Kier molecular flexibility index (Phi) is 5.08. The number of morpholine rings is 1. The third-order valence-corrected chi connectivity index (χ3v) is 3.57. The van der Waals surface area contributed by atoms with Crippen LogP contribution in [-0.4, -0.2) is 56.1 Å². The van der Waals surface area contributed by atoms with Crippen molar-refractivity contribution in [1.29, 1.82) is 0 Å². The fourth-order valence-electron chi connectivity index (χ4n) is 1.68. The first-order chi connectivity index (χ1) is 9.70. The summed E-state index contributed by atoms with van der Waals surface area (Å²) >= 11 is 1.33. The number of nitrogens with one attached hydrogen (secondary N) is 2. The Morgan fingerprint density at radius 1 is 1.40 bits per heavy atom. The zero-order valence-electron chi connectivity index (χ0n) is 11.1. The SMILES string of the molecule is CNC(=O)N=C(NC(=O)c1cccs1)N1CCOCC1. The van der Waals surface area contributed by atoms with Gasteiger partial charge < -0.3 is 15.0 Å². The summed E-state index contributed by atoms with van der Waals surface area (Å²) in [6.45, 7) is 2.25. The Hall–Kier alpha value is -1.93. The predicted octanol–water partition coefficient (Wildman–Crippen LogP) is 0.505. The molecule has 1 aliphatic rings. The quantitative estimate of drug-likeness (QED) is 0.584. The van der Waals surface area contributed by atoms with Crippen molar-refractivity contribution in [3.8, 4) is 0 Å². The topological polar surface area (TPSA) is 83.0 Å². The van der Waals surface area contributed by atoms with E-state index in [0.717, 1.165) is 0 Å². The van der Waals surface area contributed by atoms with Crippen molar-refractivity contribution in [3.05, 3.63) is 22.4 Å². The number of rotatable bonds is 1. The molecule has 0 bridgehead atoms. The monoisotopic (exact) mass is 296 g/mol. The lowest BCUT2D eigenvalue weighted by Gasteiger charge is -2.29. The van der Waals surface area contributed by atoms with E-state index in [4.69, 9.17) is 4.74 Å². The van der Waals surface area contributed by atoms with E-state index in [1.807, 2.05) is 10.3 Å². The summed E-state index contributed by atoms with van der Waals surface area (Å²) in [7, 11) is 1.49. The van der Waals surface area contributed by atoms with Crippen molar-refractivity contribution < 1.29 is 14.3 Å². The summed E-state index contributed by atoms with van der Waals surface area (Å²) in [6, 6.07) is 3.01. The number of nitrogens with zero attached hydrogens (tertiary/aromatic N) is 2. The summed E-state index contributed by atoms with van der Waals surface area (Å²) in [6.07, 6.45) is 0. The summed E-state index contributed by atoms with van der Waals surface area (Å²) in [5.74, 6) is -0.0137. The molecule has 0 atom stereocenters. The molecule has 7 nitrogen and oxygen atoms in total. The molecule has 0 spiro atoms. The van der Waals surface area contributed by atoms with Crippen molar-refractivity contribution in [1.82, 2.24) is 15.5 Å². The highest BCUT2D eigenvalue weighted by atomic mass is 32.1. The molecule has 2 N–H and O–H groups in total. The molecule has 20 heavy (non-hydrogen) atoms. The number of hydrogen-bond donors (Lipinski definition) is 2. The van der Waals surface area contributed by atoms with Gasteiger partial charge in [-0.25, -0.2) is 4.79 Å². The number of amides is 3. The molecule has 1 aromatic heterocycles. The second-order valence-electron chi connectivity index (χ2n) is 4.02. The third kappa shape index (κ3) is 3.78. The van der Waals surface area contributed by atoms with Crippen LogP contribution < -0.4 is 10.6 Å². The van der Waals surface area contributed by atoms with Gasteiger partial charge in [-0.1, -0.05) is 6.07 Å². The van der Waals surface area contributed by atoms with E-state index in [1.165, 1.54) is 18.4 Å². The average Bonchev–Trinajstić information content (AvgIpc) is 3.01. The summed E-state index contributed by atoms with van der Waals surface area (Å²) in [5, 5.41) is 6.91. The van der Waals surface area contributed by atoms with E-state index in [1.54, 1.807) is 12.1 Å². The van der Waals surface area contributed by atoms with E-state index < -0.39 is 6.03 Å². The smallest absolute Gasteiger partial charge is 0.343 e. The van der Waals surface area contributed by atoms with E-state index in [0.29, 0.717) is 31.2 Å². The molecule has 0 saturated carbocycles. The molecule has 1 saturated heterocycles. The van der Waals surface area contributed by atoms with Gasteiger partial charge in [-0.3, -0.25) is 10.1 Å². The fourth-order valence-corrected chi connectivity index (χ4v) is 2.29. The van der Waals surface area contributed by atoms with Gasteiger partial charge in [-0.15, -0.1) is 11.3 Å². The van der Waals surface area contributed by atoms with Crippen LogP contribution in [0, 0.1) is 0 Å². The van der Waals surface area contributed by atoms with Gasteiger partial charge in [0.25, 0.3) is 5.91 Å². The second-order valence-corrected chi connectivity index (χ2v) is 4.97. The number of guanidine groups is 1. The average molecular weight is 296 g/mol. The van der Waals surface area contributed by atoms with Gasteiger partial charge in [0, 0.05) is 20.1 Å². The lowest BCUT2D eigenvalue weighted by atomic mass is 10.4. The first-order valence-electron chi connectivity index (χ1n) is 6.18. The summed E-state index contributed by atoms with van der Waals surface area (Å²) in [4.78, 5) is 29.8. The molecule has 3 amide bonds. The number of ether oxygens (including phenoxy) is 1. The Balaban J connectivity index is 2.11. The van der Waals surface area contributed by atoms with Crippen LogP contribution in [0.15, 0.2) is 22.5 Å². The second kappa shape index (κ2) is 7.01. The first-order valence-corrected chi connectivity index (χ1v) is 7.06. The number of urea groups is 1. The highest BCUT2D eigenvalue weighted by molar-refractivity contribution is 7.12. The molecular weight excluding hydrogens is 280 g/mol. The van der Waals surface area contributed by atoms with Crippen LogP contribution in [0.1, 0.15) is 9.67 Å². The van der Waals surface area contributed by atoms with Gasteiger partial charge in [-0.2, -0.15) is 4.99 Å². The number of carbonyl (C=O) groups is 2. The van der Waals surface area contributed by atoms with Crippen molar-refractivity contribution in [2.75, 3.05) is 33.4 Å². The highest BCUT2D eigenvalue weighted by Gasteiger charge is 2.19. The fraction of sp³-hybridized carbons (Fsp3) is 0.417. The molecule has 1 fully saturated rings. The van der Waals surface area contributed by atoms with Gasteiger partial charge in [0.1, 0.15) is 0 Å². The van der Waals surface area contributed by atoms with Crippen LogP contribution in [0.4, 0.5) is 4.79 Å². The predicted molar refractivity (Wildman–Crippen MR) is 76.1 cm³/mol. The molecule has 108 valence electrons. The Labute approximate surface area is 120 Å². The maximum atomic E-state index is 12.1. The van der Waals surface area contributed by atoms with Gasteiger partial charge in [0.2, 0.25) is 5.96 Å². The van der Waals surface area contributed by atoms with Crippen molar-refractivity contribution >= 4 is 29.2 Å². The van der Waals surface area contributed by atoms with Crippen LogP contribution in [0.25, 0.3) is 0 Å². The van der Waals surface area contributed by atoms with Gasteiger partial charge in [0.05, 0.1) is 18.1 Å². The Morgan fingerprint density at radius 2 is 2.15 bits per heavy atom. The Morgan fingerprint density at radius 3 is 2.75 bits per heavy atom. The molecule has 2 heterocycles. The molecule has 1 aromatic rings. The zero-order chi connectivity index (χ0) is 14.4. The standard InChI is InChI=1S/C12H16N4O3S/c1-13-12(18)15-11(16-4-6-19-7-5-16)14-10(17)9-3-2-8-20-9/h2-3,8H,4-7H2,1H3,(H2,13,14,15,17,18). The number of thiophene rings is 1. The minimum absolute atomic E-state index is 0.256. The van der Waals surface area contributed by atoms with Crippen LogP contribution in [0.2, 0.25) is 0 Å².